The SMILES string of the molecule is COc1ccc(CBr)c(C)c1OC. The molecule has 0 N–H and O–H groups in total. The first-order valence-corrected chi connectivity index (χ1v) is 5.13. The summed E-state index contributed by atoms with van der Waals surface area (Å²) in [6, 6.07) is 3.95. The van der Waals surface area contributed by atoms with E-state index in [1.807, 2.05) is 19.1 Å². The van der Waals surface area contributed by atoms with E-state index >= 15 is 0 Å². The van der Waals surface area contributed by atoms with Gasteiger partial charge in [0.05, 0.1) is 14.2 Å². The van der Waals surface area contributed by atoms with Gasteiger partial charge in [0.2, 0.25) is 0 Å². The van der Waals surface area contributed by atoms with E-state index in [4.69, 9.17) is 9.47 Å². The van der Waals surface area contributed by atoms with Gasteiger partial charge in [-0.3, -0.25) is 0 Å². The predicted octanol–water partition coefficient (Wildman–Crippen LogP) is 2.91. The predicted molar refractivity (Wildman–Crippen MR) is 56.9 cm³/mol. The van der Waals surface area contributed by atoms with Gasteiger partial charge in [0.1, 0.15) is 0 Å². The lowest BCUT2D eigenvalue weighted by molar-refractivity contribution is 0.352. The number of methoxy groups -OCH3 is 2. The number of hydrogen-bond acceptors (Lipinski definition) is 2. The molecule has 13 heavy (non-hydrogen) atoms. The van der Waals surface area contributed by atoms with Crippen molar-refractivity contribution in [3.63, 3.8) is 0 Å². The van der Waals surface area contributed by atoms with Crippen LogP contribution in [-0.4, -0.2) is 14.2 Å². The van der Waals surface area contributed by atoms with E-state index in [1.165, 1.54) is 5.56 Å². The summed E-state index contributed by atoms with van der Waals surface area (Å²) in [5, 5.41) is 0.833. The molecule has 1 aromatic rings. The van der Waals surface area contributed by atoms with Crippen molar-refractivity contribution in [2.24, 2.45) is 0 Å². The van der Waals surface area contributed by atoms with Crippen LogP contribution in [0.2, 0.25) is 0 Å². The van der Waals surface area contributed by atoms with Crippen molar-refractivity contribution >= 4 is 15.9 Å². The Hall–Kier alpha value is -0.700. The van der Waals surface area contributed by atoms with Crippen LogP contribution in [0.3, 0.4) is 0 Å². The second-order valence-corrected chi connectivity index (χ2v) is 3.28. The monoisotopic (exact) mass is 244 g/mol. The van der Waals surface area contributed by atoms with Gasteiger partial charge < -0.3 is 9.47 Å². The van der Waals surface area contributed by atoms with Crippen LogP contribution in [0.25, 0.3) is 0 Å². The highest BCUT2D eigenvalue weighted by atomic mass is 79.9. The summed E-state index contributed by atoms with van der Waals surface area (Å²) in [5.41, 5.74) is 2.34. The van der Waals surface area contributed by atoms with Gasteiger partial charge in [0.15, 0.2) is 11.5 Å². The Kier molecular flexibility index (Phi) is 3.60. The van der Waals surface area contributed by atoms with Crippen LogP contribution in [-0.2, 0) is 5.33 Å². The molecule has 0 spiro atoms. The Morgan fingerprint density at radius 1 is 1.23 bits per heavy atom. The van der Waals surface area contributed by atoms with E-state index in [9.17, 15) is 0 Å². The molecule has 1 aromatic carbocycles. The fourth-order valence-corrected chi connectivity index (χ4v) is 1.87. The molecular weight excluding hydrogens is 232 g/mol. The van der Waals surface area contributed by atoms with E-state index in [0.717, 1.165) is 22.4 Å². The first-order chi connectivity index (χ1) is 6.24. The summed E-state index contributed by atoms with van der Waals surface area (Å²) in [6.07, 6.45) is 0. The number of alkyl halides is 1. The van der Waals surface area contributed by atoms with Crippen molar-refractivity contribution in [2.75, 3.05) is 14.2 Å². The van der Waals surface area contributed by atoms with E-state index in [1.54, 1.807) is 14.2 Å². The molecule has 0 aliphatic rings. The lowest BCUT2D eigenvalue weighted by atomic mass is 10.1. The molecule has 0 bridgehead atoms. The Bertz CT molecular complexity index is 297. The number of halogens is 1. The van der Waals surface area contributed by atoms with Crippen LogP contribution in [0.5, 0.6) is 11.5 Å². The molecule has 0 saturated heterocycles. The fraction of sp³-hybridized carbons (Fsp3) is 0.400. The van der Waals surface area contributed by atoms with E-state index in [2.05, 4.69) is 15.9 Å². The van der Waals surface area contributed by atoms with Crippen molar-refractivity contribution in [1.82, 2.24) is 0 Å². The molecule has 0 unspecified atom stereocenters. The number of rotatable bonds is 3. The first kappa shape index (κ1) is 10.4. The lowest BCUT2D eigenvalue weighted by Crippen LogP contribution is -1.95. The molecule has 0 aliphatic carbocycles. The van der Waals surface area contributed by atoms with E-state index < -0.39 is 0 Å². The van der Waals surface area contributed by atoms with E-state index in [0.29, 0.717) is 0 Å². The molecule has 0 aliphatic heterocycles. The Morgan fingerprint density at radius 2 is 1.92 bits per heavy atom. The molecule has 0 heterocycles. The van der Waals surface area contributed by atoms with Gasteiger partial charge in [-0.15, -0.1) is 0 Å². The molecule has 72 valence electrons. The third-order valence-electron chi connectivity index (χ3n) is 2.05. The Morgan fingerprint density at radius 3 is 2.38 bits per heavy atom. The summed E-state index contributed by atoms with van der Waals surface area (Å²) >= 11 is 3.42. The molecule has 0 fully saturated rings. The minimum Gasteiger partial charge on any atom is -0.493 e. The third-order valence-corrected chi connectivity index (χ3v) is 2.65. The van der Waals surface area contributed by atoms with Gasteiger partial charge in [-0.1, -0.05) is 22.0 Å². The molecule has 2 nitrogen and oxygen atoms in total. The summed E-state index contributed by atoms with van der Waals surface area (Å²) in [4.78, 5) is 0. The van der Waals surface area contributed by atoms with Crippen LogP contribution >= 0.6 is 15.9 Å². The minimum absolute atomic E-state index is 0.782. The van der Waals surface area contributed by atoms with E-state index in [-0.39, 0.29) is 0 Å². The van der Waals surface area contributed by atoms with Crippen molar-refractivity contribution in [3.05, 3.63) is 23.3 Å². The summed E-state index contributed by atoms with van der Waals surface area (Å²) in [7, 11) is 3.30. The van der Waals surface area contributed by atoms with Crippen molar-refractivity contribution in [2.45, 2.75) is 12.3 Å². The van der Waals surface area contributed by atoms with Crippen LogP contribution in [0.4, 0.5) is 0 Å². The van der Waals surface area contributed by atoms with Crippen molar-refractivity contribution < 1.29 is 9.47 Å². The standard InChI is InChI=1S/C10H13BrO2/c1-7-8(6-11)4-5-9(12-2)10(7)13-3/h4-5H,6H2,1-3H3. The lowest BCUT2D eigenvalue weighted by Gasteiger charge is -2.12. The highest BCUT2D eigenvalue weighted by molar-refractivity contribution is 9.08. The quantitative estimate of drug-likeness (QED) is 0.762. The molecule has 0 atom stereocenters. The smallest absolute Gasteiger partial charge is 0.163 e. The molecule has 0 amide bonds. The zero-order valence-electron chi connectivity index (χ0n) is 8.06. The fourth-order valence-electron chi connectivity index (χ4n) is 1.27. The second-order valence-electron chi connectivity index (χ2n) is 2.72. The average molecular weight is 245 g/mol. The molecule has 0 saturated carbocycles. The minimum atomic E-state index is 0.782. The number of hydrogen-bond donors (Lipinski definition) is 0. The summed E-state index contributed by atoms with van der Waals surface area (Å²) in [5.74, 6) is 1.60. The van der Waals surface area contributed by atoms with Crippen LogP contribution < -0.4 is 9.47 Å². The average Bonchev–Trinajstić information content (AvgIpc) is 2.17. The van der Waals surface area contributed by atoms with Crippen molar-refractivity contribution in [1.29, 1.82) is 0 Å². The van der Waals surface area contributed by atoms with Crippen LogP contribution in [0, 0.1) is 6.92 Å². The Balaban J connectivity index is 3.23. The van der Waals surface area contributed by atoms with Gasteiger partial charge >= 0.3 is 0 Å². The highest BCUT2D eigenvalue weighted by Crippen LogP contribution is 2.33. The number of ether oxygens (including phenoxy) is 2. The van der Waals surface area contributed by atoms with Crippen LogP contribution in [0.15, 0.2) is 12.1 Å². The largest absolute Gasteiger partial charge is 0.493 e. The van der Waals surface area contributed by atoms with Gasteiger partial charge in [-0.05, 0) is 24.1 Å². The first-order valence-electron chi connectivity index (χ1n) is 4.01. The van der Waals surface area contributed by atoms with Gasteiger partial charge in [-0.2, -0.15) is 0 Å². The van der Waals surface area contributed by atoms with Gasteiger partial charge in [0.25, 0.3) is 0 Å². The highest BCUT2D eigenvalue weighted by Gasteiger charge is 2.09. The molecule has 3 heteroatoms. The zero-order valence-corrected chi connectivity index (χ0v) is 9.64. The maximum Gasteiger partial charge on any atom is 0.163 e. The van der Waals surface area contributed by atoms with Gasteiger partial charge in [0, 0.05) is 5.33 Å². The summed E-state index contributed by atoms with van der Waals surface area (Å²) in [6.45, 7) is 2.03. The maximum absolute atomic E-state index is 5.26. The number of benzene rings is 1. The summed E-state index contributed by atoms with van der Waals surface area (Å²) < 4.78 is 10.4. The second kappa shape index (κ2) is 4.51. The molecule has 0 aromatic heterocycles. The normalized spacial score (nSPS) is 9.85. The van der Waals surface area contributed by atoms with Crippen molar-refractivity contribution in [3.8, 4) is 11.5 Å². The molecule has 1 rings (SSSR count). The topological polar surface area (TPSA) is 18.5 Å². The van der Waals surface area contributed by atoms with Gasteiger partial charge in [-0.25, -0.2) is 0 Å². The Labute approximate surface area is 87.0 Å². The van der Waals surface area contributed by atoms with Crippen LogP contribution in [0.1, 0.15) is 11.1 Å². The molecular formula is C10H13BrO2. The molecule has 0 radical (unpaired) electrons. The zero-order chi connectivity index (χ0) is 9.84. The maximum atomic E-state index is 5.26. The third kappa shape index (κ3) is 1.97.